The summed E-state index contributed by atoms with van der Waals surface area (Å²) in [5.74, 6) is 8.48. The molecule has 2 atom stereocenters. The Hall–Kier alpha value is -3.51. The molecule has 156 valence electrons. The SMILES string of the molecule is C[C@@](O)(C(F)F)[C@H](NC(=O)c1ccc(C#CC#Cc2cnc(N)s2)cc1)C(=O)NO. The highest BCUT2D eigenvalue weighted by atomic mass is 32.1. The zero-order valence-electron chi connectivity index (χ0n) is 15.4. The van der Waals surface area contributed by atoms with Crippen LogP contribution in [0.4, 0.5) is 13.9 Å². The van der Waals surface area contributed by atoms with Gasteiger partial charge in [0.15, 0.2) is 10.7 Å². The smallest absolute Gasteiger partial charge is 0.269 e. The lowest BCUT2D eigenvalue weighted by atomic mass is 9.95. The van der Waals surface area contributed by atoms with Gasteiger partial charge in [0.05, 0.1) is 11.1 Å². The molecule has 1 aromatic carbocycles. The Kier molecular flexibility index (Phi) is 7.44. The number of nitrogens with one attached hydrogen (secondary N) is 2. The number of nitrogens with two attached hydrogens (primary N) is 1. The van der Waals surface area contributed by atoms with Gasteiger partial charge < -0.3 is 16.2 Å². The Labute approximate surface area is 174 Å². The van der Waals surface area contributed by atoms with E-state index in [9.17, 15) is 23.5 Å². The number of aliphatic hydroxyl groups is 1. The number of carbonyl (C=O) groups excluding carboxylic acids is 2. The van der Waals surface area contributed by atoms with Crippen LogP contribution in [0.5, 0.6) is 0 Å². The van der Waals surface area contributed by atoms with Gasteiger partial charge in [-0.2, -0.15) is 0 Å². The average Bonchev–Trinajstić information content (AvgIpc) is 3.13. The third-order valence-corrected chi connectivity index (χ3v) is 4.54. The van der Waals surface area contributed by atoms with E-state index in [2.05, 4.69) is 28.7 Å². The predicted molar refractivity (Wildman–Crippen MR) is 105 cm³/mol. The largest absolute Gasteiger partial charge is 0.381 e. The van der Waals surface area contributed by atoms with Crippen molar-refractivity contribution >= 4 is 28.3 Å². The molecule has 0 spiro atoms. The highest BCUT2D eigenvalue weighted by molar-refractivity contribution is 7.15. The number of alkyl halides is 2. The molecule has 0 fully saturated rings. The van der Waals surface area contributed by atoms with Crippen LogP contribution in [0.2, 0.25) is 0 Å². The van der Waals surface area contributed by atoms with Gasteiger partial charge in [-0.05, 0) is 49.0 Å². The van der Waals surface area contributed by atoms with Gasteiger partial charge in [0, 0.05) is 11.1 Å². The molecular formula is C19H16F2N4O4S. The molecular weight excluding hydrogens is 418 g/mol. The number of thiazole rings is 1. The highest BCUT2D eigenvalue weighted by Crippen LogP contribution is 2.20. The molecule has 6 N–H and O–H groups in total. The summed E-state index contributed by atoms with van der Waals surface area (Å²) in [7, 11) is 0. The van der Waals surface area contributed by atoms with Crippen molar-refractivity contribution in [3.8, 4) is 23.7 Å². The number of nitrogen functional groups attached to an aromatic ring is 1. The van der Waals surface area contributed by atoms with Crippen molar-refractivity contribution in [3.05, 3.63) is 46.5 Å². The molecule has 1 aromatic heterocycles. The van der Waals surface area contributed by atoms with Crippen molar-refractivity contribution in [1.82, 2.24) is 15.8 Å². The van der Waals surface area contributed by atoms with Crippen LogP contribution in [0.3, 0.4) is 0 Å². The van der Waals surface area contributed by atoms with Gasteiger partial charge in [0.25, 0.3) is 18.2 Å². The van der Waals surface area contributed by atoms with Crippen LogP contribution in [-0.4, -0.2) is 45.2 Å². The first-order valence-electron chi connectivity index (χ1n) is 8.24. The molecule has 1 heterocycles. The molecule has 0 aliphatic heterocycles. The van der Waals surface area contributed by atoms with E-state index in [0.717, 1.165) is 5.48 Å². The fraction of sp³-hybridized carbons (Fsp3) is 0.211. The van der Waals surface area contributed by atoms with Crippen LogP contribution in [0.1, 0.15) is 27.7 Å². The number of nitrogens with zero attached hydrogens (tertiary/aromatic N) is 1. The summed E-state index contributed by atoms with van der Waals surface area (Å²) < 4.78 is 26.0. The molecule has 0 saturated heterocycles. The quantitative estimate of drug-likeness (QED) is 0.268. The number of aromatic nitrogens is 1. The normalized spacial score (nSPS) is 13.1. The Bertz CT molecular complexity index is 1050. The van der Waals surface area contributed by atoms with Gasteiger partial charge in [-0.25, -0.2) is 19.2 Å². The predicted octanol–water partition coefficient (Wildman–Crippen LogP) is 0.748. The third kappa shape index (κ3) is 5.75. The number of anilines is 1. The molecule has 0 saturated carbocycles. The zero-order chi connectivity index (χ0) is 22.3. The summed E-state index contributed by atoms with van der Waals surface area (Å²) in [6, 6.07) is 3.58. The van der Waals surface area contributed by atoms with Crippen LogP contribution in [0, 0.1) is 23.7 Å². The summed E-state index contributed by atoms with van der Waals surface area (Å²) in [4.78, 5) is 28.4. The van der Waals surface area contributed by atoms with Crippen molar-refractivity contribution in [2.45, 2.75) is 25.0 Å². The van der Waals surface area contributed by atoms with Gasteiger partial charge in [0.2, 0.25) is 0 Å². The number of hydrogen-bond acceptors (Lipinski definition) is 7. The minimum atomic E-state index is -3.36. The Balaban J connectivity index is 2.10. The van der Waals surface area contributed by atoms with Crippen LogP contribution < -0.4 is 16.5 Å². The first kappa shape index (κ1) is 22.8. The zero-order valence-corrected chi connectivity index (χ0v) is 16.3. The molecule has 11 heteroatoms. The first-order chi connectivity index (χ1) is 14.1. The number of halogens is 2. The van der Waals surface area contributed by atoms with Gasteiger partial charge >= 0.3 is 0 Å². The maximum atomic E-state index is 13.0. The summed E-state index contributed by atoms with van der Waals surface area (Å²) in [5, 5.41) is 20.9. The van der Waals surface area contributed by atoms with Crippen molar-refractivity contribution in [1.29, 1.82) is 0 Å². The lowest BCUT2D eigenvalue weighted by Gasteiger charge is -2.30. The molecule has 8 nitrogen and oxygen atoms in total. The number of benzene rings is 1. The summed E-state index contributed by atoms with van der Waals surface area (Å²) in [6.07, 6.45) is -1.84. The molecule has 2 rings (SSSR count). The second-order valence-electron chi connectivity index (χ2n) is 6.05. The molecule has 0 aliphatic carbocycles. The molecule has 30 heavy (non-hydrogen) atoms. The first-order valence-corrected chi connectivity index (χ1v) is 9.05. The lowest BCUT2D eigenvalue weighted by Crippen LogP contribution is -2.61. The number of amides is 2. The van der Waals surface area contributed by atoms with Crippen molar-refractivity contribution < 1.29 is 28.7 Å². The topological polar surface area (TPSA) is 138 Å². The minimum absolute atomic E-state index is 0.0209. The molecule has 0 aliphatic rings. The van der Waals surface area contributed by atoms with E-state index in [0.29, 0.717) is 22.5 Å². The van der Waals surface area contributed by atoms with E-state index >= 15 is 0 Å². The van der Waals surface area contributed by atoms with Gasteiger partial charge in [0.1, 0.15) is 6.04 Å². The van der Waals surface area contributed by atoms with E-state index in [4.69, 9.17) is 10.9 Å². The van der Waals surface area contributed by atoms with Crippen LogP contribution in [-0.2, 0) is 4.79 Å². The standard InChI is InChI=1S/C19H16F2N4O4S/c1-19(28,17(20)21)14(16(27)25-29)24-15(26)12-8-6-11(7-9-12)4-2-3-5-13-10-23-18(22)30-13/h6-10,14,17,28-29H,1H3,(H2,22,23)(H,24,26)(H,25,27)/t14-,19+/m1/s1. The van der Waals surface area contributed by atoms with E-state index in [-0.39, 0.29) is 5.56 Å². The Morgan fingerprint density at radius 3 is 2.40 bits per heavy atom. The maximum Gasteiger partial charge on any atom is 0.269 e. The van der Waals surface area contributed by atoms with E-state index in [1.807, 2.05) is 5.32 Å². The number of rotatable bonds is 5. The van der Waals surface area contributed by atoms with Crippen molar-refractivity contribution in [3.63, 3.8) is 0 Å². The lowest BCUT2D eigenvalue weighted by molar-refractivity contribution is -0.149. The fourth-order valence-corrected chi connectivity index (χ4v) is 2.67. The van der Waals surface area contributed by atoms with Crippen LogP contribution >= 0.6 is 11.3 Å². The van der Waals surface area contributed by atoms with E-state index in [1.54, 1.807) is 0 Å². The maximum absolute atomic E-state index is 13.0. The summed E-state index contributed by atoms with van der Waals surface area (Å²) in [6.45, 7) is 0.665. The van der Waals surface area contributed by atoms with E-state index in [1.165, 1.54) is 41.8 Å². The third-order valence-electron chi connectivity index (χ3n) is 3.80. The monoisotopic (exact) mass is 434 g/mol. The number of carbonyl (C=O) groups is 2. The molecule has 0 radical (unpaired) electrons. The van der Waals surface area contributed by atoms with Crippen LogP contribution in [0.25, 0.3) is 0 Å². The molecule has 2 aromatic rings. The summed E-state index contributed by atoms with van der Waals surface area (Å²) >= 11 is 1.22. The van der Waals surface area contributed by atoms with Gasteiger partial charge in [-0.3, -0.25) is 14.8 Å². The van der Waals surface area contributed by atoms with Gasteiger partial charge in [-0.15, -0.1) is 0 Å². The second kappa shape index (κ2) is 9.80. The fourth-order valence-electron chi connectivity index (χ4n) is 2.13. The Morgan fingerprint density at radius 2 is 1.87 bits per heavy atom. The number of hydrogen-bond donors (Lipinski definition) is 5. The number of hydroxylamine groups is 1. The Morgan fingerprint density at radius 1 is 1.23 bits per heavy atom. The van der Waals surface area contributed by atoms with Crippen molar-refractivity contribution in [2.24, 2.45) is 0 Å². The van der Waals surface area contributed by atoms with Crippen LogP contribution in [0.15, 0.2) is 30.5 Å². The van der Waals surface area contributed by atoms with Gasteiger partial charge in [-0.1, -0.05) is 17.3 Å². The molecule has 2 amide bonds. The average molecular weight is 434 g/mol. The van der Waals surface area contributed by atoms with E-state index < -0.39 is 29.9 Å². The second-order valence-corrected chi connectivity index (χ2v) is 7.11. The highest BCUT2D eigenvalue weighted by Gasteiger charge is 2.46. The molecule has 0 bridgehead atoms. The summed E-state index contributed by atoms with van der Waals surface area (Å²) in [5.41, 5.74) is 4.27. The minimum Gasteiger partial charge on any atom is -0.381 e. The van der Waals surface area contributed by atoms with Crippen molar-refractivity contribution in [2.75, 3.05) is 5.73 Å². The molecule has 0 unspecified atom stereocenters.